The van der Waals surface area contributed by atoms with Crippen molar-refractivity contribution in [1.29, 1.82) is 0 Å². The first kappa shape index (κ1) is 16.3. The van der Waals surface area contributed by atoms with Crippen LogP contribution in [0, 0.1) is 11.3 Å². The molecule has 122 valence electrons. The number of fused-ring (bicyclic) bond motifs is 1. The van der Waals surface area contributed by atoms with E-state index in [0.717, 1.165) is 19.3 Å². The Labute approximate surface area is 141 Å². The van der Waals surface area contributed by atoms with Gasteiger partial charge in [0.2, 0.25) is 0 Å². The third-order valence-corrected chi connectivity index (χ3v) is 5.67. The molecule has 0 heterocycles. The number of aryl methyl sites for hydroxylation is 1. The second-order valence-electron chi connectivity index (χ2n) is 6.24. The molecule has 0 spiro atoms. The van der Waals surface area contributed by atoms with Crippen molar-refractivity contribution in [3.63, 3.8) is 0 Å². The largest absolute Gasteiger partial charge is 0.468 e. The van der Waals surface area contributed by atoms with Crippen LogP contribution < -0.4 is 0 Å². The summed E-state index contributed by atoms with van der Waals surface area (Å²) in [5, 5.41) is 10.5. The first-order valence-electron chi connectivity index (χ1n) is 7.96. The first-order valence-corrected chi connectivity index (χ1v) is 8.34. The summed E-state index contributed by atoms with van der Waals surface area (Å²) in [6.07, 6.45) is 8.63. The van der Waals surface area contributed by atoms with Gasteiger partial charge >= 0.3 is 5.97 Å². The fraction of sp³-hybridized carbons (Fsp3) is 0.421. The molecule has 3 rings (SSSR count). The van der Waals surface area contributed by atoms with E-state index in [-0.39, 0.29) is 18.4 Å². The van der Waals surface area contributed by atoms with Crippen LogP contribution in [0.4, 0.5) is 0 Å². The fourth-order valence-electron chi connectivity index (χ4n) is 4.04. The molecule has 0 bridgehead atoms. The van der Waals surface area contributed by atoms with Crippen molar-refractivity contribution in [2.75, 3.05) is 13.7 Å². The molecule has 1 N–H and O–H groups in total. The number of benzene rings is 1. The Bertz CT molecular complexity index is 664. The maximum atomic E-state index is 12.6. The van der Waals surface area contributed by atoms with Crippen molar-refractivity contribution in [2.24, 2.45) is 11.3 Å². The summed E-state index contributed by atoms with van der Waals surface area (Å²) in [5.74, 6) is -0.539. The van der Waals surface area contributed by atoms with Crippen molar-refractivity contribution in [1.82, 2.24) is 0 Å². The van der Waals surface area contributed by atoms with Crippen LogP contribution in [0.5, 0.6) is 0 Å². The van der Waals surface area contributed by atoms with Crippen molar-refractivity contribution >= 4 is 17.6 Å². The van der Waals surface area contributed by atoms with Crippen LogP contribution in [0.1, 0.15) is 29.9 Å². The van der Waals surface area contributed by atoms with Gasteiger partial charge in [-0.15, -0.1) is 0 Å². The van der Waals surface area contributed by atoms with E-state index in [1.807, 2.05) is 24.3 Å². The zero-order chi connectivity index (χ0) is 16.4. The molecule has 3 unspecified atom stereocenters. The number of carbonyl (C=O) groups is 1. The summed E-state index contributed by atoms with van der Waals surface area (Å²) in [6, 6.07) is 8.34. The summed E-state index contributed by atoms with van der Waals surface area (Å²) in [6.45, 7) is -0.358. The second-order valence-corrected chi connectivity index (χ2v) is 6.65. The fourth-order valence-corrected chi connectivity index (χ4v) is 4.37. The monoisotopic (exact) mass is 332 g/mol. The predicted octanol–water partition coefficient (Wildman–Crippen LogP) is 3.57. The van der Waals surface area contributed by atoms with Gasteiger partial charge in [0.25, 0.3) is 0 Å². The van der Waals surface area contributed by atoms with Crippen LogP contribution in [0.2, 0.25) is 0 Å². The van der Waals surface area contributed by atoms with Crippen LogP contribution in [-0.4, -0.2) is 24.8 Å². The number of rotatable bonds is 3. The van der Waals surface area contributed by atoms with Gasteiger partial charge in [-0.05, 0) is 42.4 Å². The average Bonchev–Trinajstić information content (AvgIpc) is 2.60. The van der Waals surface area contributed by atoms with Gasteiger partial charge in [-0.25, -0.2) is 0 Å². The molecule has 0 saturated carbocycles. The van der Waals surface area contributed by atoms with E-state index in [2.05, 4.69) is 12.1 Å². The normalized spacial score (nSPS) is 29.6. The Morgan fingerprint density at radius 2 is 2.22 bits per heavy atom. The molecule has 0 amide bonds. The number of hydrogen-bond donors (Lipinski definition) is 1. The molecule has 0 fully saturated rings. The van der Waals surface area contributed by atoms with Gasteiger partial charge in [-0.3, -0.25) is 4.79 Å². The molecule has 0 aliphatic heterocycles. The van der Waals surface area contributed by atoms with Gasteiger partial charge in [-0.2, -0.15) is 0 Å². The molecule has 3 atom stereocenters. The van der Waals surface area contributed by atoms with Crippen LogP contribution in [0.3, 0.4) is 0 Å². The summed E-state index contributed by atoms with van der Waals surface area (Å²) in [4.78, 5) is 12.6. The van der Waals surface area contributed by atoms with E-state index in [0.29, 0.717) is 5.03 Å². The number of aliphatic hydroxyl groups excluding tert-OH is 1. The van der Waals surface area contributed by atoms with E-state index in [1.54, 1.807) is 6.08 Å². The summed E-state index contributed by atoms with van der Waals surface area (Å²) < 4.78 is 5.01. The Kier molecular flexibility index (Phi) is 4.60. The molecule has 0 aromatic heterocycles. The molecule has 1 aromatic rings. The molecule has 0 radical (unpaired) electrons. The molecular weight excluding hydrogens is 312 g/mol. The van der Waals surface area contributed by atoms with Crippen LogP contribution >= 0.6 is 11.6 Å². The maximum Gasteiger partial charge on any atom is 0.320 e. The van der Waals surface area contributed by atoms with Crippen LogP contribution in [-0.2, 0) is 16.0 Å². The standard InChI is InChI=1S/C19H21ClO3/c1-23-18(22)19(12-21)16(10-5-11-17(19)20)15-9-4-7-13-6-2-3-8-14(13)15/h2-3,5-6,8,10-11,15-16,21H,4,7,9,12H2,1H3. The van der Waals surface area contributed by atoms with Gasteiger partial charge < -0.3 is 9.84 Å². The zero-order valence-electron chi connectivity index (χ0n) is 13.2. The Morgan fingerprint density at radius 1 is 1.43 bits per heavy atom. The minimum Gasteiger partial charge on any atom is -0.468 e. The molecule has 2 aliphatic rings. The van der Waals surface area contributed by atoms with E-state index >= 15 is 0 Å². The zero-order valence-corrected chi connectivity index (χ0v) is 13.9. The lowest BCUT2D eigenvalue weighted by Crippen LogP contribution is -2.46. The number of halogens is 1. The lowest BCUT2D eigenvalue weighted by Gasteiger charge is -2.42. The van der Waals surface area contributed by atoms with Gasteiger partial charge in [0.1, 0.15) is 5.41 Å². The highest BCUT2D eigenvalue weighted by atomic mass is 35.5. The SMILES string of the molecule is COC(=O)C1(CO)C(Cl)=CC=CC1C1CCCc2ccccc21. The molecule has 0 saturated heterocycles. The van der Waals surface area contributed by atoms with E-state index < -0.39 is 11.4 Å². The maximum absolute atomic E-state index is 12.6. The molecule has 2 aliphatic carbocycles. The van der Waals surface area contributed by atoms with Gasteiger partial charge in [0, 0.05) is 11.0 Å². The molecule has 23 heavy (non-hydrogen) atoms. The highest BCUT2D eigenvalue weighted by Crippen LogP contribution is 2.51. The number of aliphatic hydroxyl groups is 1. The van der Waals surface area contributed by atoms with Crippen molar-refractivity contribution in [2.45, 2.75) is 25.2 Å². The van der Waals surface area contributed by atoms with Crippen LogP contribution in [0.15, 0.2) is 47.5 Å². The highest BCUT2D eigenvalue weighted by molar-refractivity contribution is 6.32. The molecule has 4 heteroatoms. The third kappa shape index (κ3) is 2.52. The average molecular weight is 333 g/mol. The summed E-state index contributed by atoms with van der Waals surface area (Å²) >= 11 is 6.40. The van der Waals surface area contributed by atoms with Crippen LogP contribution in [0.25, 0.3) is 0 Å². The second kappa shape index (κ2) is 6.50. The predicted molar refractivity (Wildman–Crippen MR) is 90.2 cm³/mol. The minimum atomic E-state index is -1.21. The Hall–Kier alpha value is -1.58. The smallest absolute Gasteiger partial charge is 0.320 e. The van der Waals surface area contributed by atoms with Crippen molar-refractivity contribution in [3.05, 3.63) is 58.7 Å². The highest BCUT2D eigenvalue weighted by Gasteiger charge is 2.52. The lowest BCUT2D eigenvalue weighted by molar-refractivity contribution is -0.155. The number of hydrogen-bond acceptors (Lipinski definition) is 3. The number of esters is 1. The molecular formula is C19H21ClO3. The first-order chi connectivity index (χ1) is 11.1. The number of carbonyl (C=O) groups excluding carboxylic acids is 1. The van der Waals surface area contributed by atoms with Gasteiger partial charge in [0.05, 0.1) is 13.7 Å². The van der Waals surface area contributed by atoms with E-state index in [1.165, 1.54) is 18.2 Å². The quantitative estimate of drug-likeness (QED) is 0.861. The lowest BCUT2D eigenvalue weighted by atomic mass is 9.62. The van der Waals surface area contributed by atoms with E-state index in [9.17, 15) is 9.90 Å². The molecule has 1 aromatic carbocycles. The van der Waals surface area contributed by atoms with Gasteiger partial charge in [-0.1, -0.05) is 48.0 Å². The van der Waals surface area contributed by atoms with E-state index in [4.69, 9.17) is 16.3 Å². The summed E-state index contributed by atoms with van der Waals surface area (Å²) in [7, 11) is 1.34. The minimum absolute atomic E-state index is 0.143. The molecule has 3 nitrogen and oxygen atoms in total. The Morgan fingerprint density at radius 3 is 2.96 bits per heavy atom. The van der Waals surface area contributed by atoms with Crippen molar-refractivity contribution < 1.29 is 14.6 Å². The van der Waals surface area contributed by atoms with Crippen molar-refractivity contribution in [3.8, 4) is 0 Å². The summed E-state index contributed by atoms with van der Waals surface area (Å²) in [5.41, 5.74) is 1.36. The number of allylic oxidation sites excluding steroid dienone is 3. The number of methoxy groups -OCH3 is 1. The number of ether oxygens (including phenoxy) is 1. The van der Waals surface area contributed by atoms with Gasteiger partial charge in [0.15, 0.2) is 0 Å². The topological polar surface area (TPSA) is 46.5 Å². The third-order valence-electron chi connectivity index (χ3n) is 5.20. The Balaban J connectivity index is 2.09.